The van der Waals surface area contributed by atoms with Gasteiger partial charge in [-0.15, -0.1) is 11.3 Å². The number of amidine groups is 1. The lowest BCUT2D eigenvalue weighted by molar-refractivity contribution is -0.138. The second kappa shape index (κ2) is 10.3. The van der Waals surface area contributed by atoms with Crippen molar-refractivity contribution < 1.29 is 14.4 Å². The number of aryl methyl sites for hydroxylation is 2. The van der Waals surface area contributed by atoms with Crippen LogP contribution in [0.4, 0.5) is 0 Å². The lowest BCUT2D eigenvalue weighted by Crippen LogP contribution is -2.52. The van der Waals surface area contributed by atoms with Gasteiger partial charge >= 0.3 is 0 Å². The molecule has 0 radical (unpaired) electrons. The fourth-order valence-corrected chi connectivity index (χ4v) is 7.64. The number of piperidine rings is 1. The predicted octanol–water partition coefficient (Wildman–Crippen LogP) is 4.62. The van der Waals surface area contributed by atoms with Crippen LogP contribution in [0.2, 0.25) is 0 Å². The normalized spacial score (nSPS) is 20.7. The maximum atomic E-state index is 14.1. The molecule has 3 fully saturated rings. The van der Waals surface area contributed by atoms with Gasteiger partial charge < -0.3 is 9.80 Å². The number of hydrogen-bond donors (Lipinski definition) is 0. The largest absolute Gasteiger partial charge is 0.343 e. The number of fused-ring (bicyclic) bond motifs is 1. The predicted molar refractivity (Wildman–Crippen MR) is 165 cm³/mol. The third-order valence-corrected chi connectivity index (χ3v) is 10.7. The number of carbonyl (C=O) groups is 3. The molecule has 4 aliphatic rings. The molecule has 7 rings (SSSR count). The zero-order valence-electron chi connectivity index (χ0n) is 24.6. The number of likely N-dealkylation sites (tertiary alicyclic amines) is 1. The van der Waals surface area contributed by atoms with Gasteiger partial charge in [0.25, 0.3) is 5.91 Å². The molecule has 9 heteroatoms. The molecule has 0 unspecified atom stereocenters. The molecule has 1 aliphatic carbocycles. The second-order valence-corrected chi connectivity index (χ2v) is 13.6. The third-order valence-electron chi connectivity index (χ3n) is 9.54. The van der Waals surface area contributed by atoms with Crippen molar-refractivity contribution in [1.82, 2.24) is 19.6 Å². The monoisotopic (exact) mass is 583 g/mol. The van der Waals surface area contributed by atoms with E-state index in [9.17, 15) is 14.4 Å². The van der Waals surface area contributed by atoms with Gasteiger partial charge in [0.05, 0.1) is 13.3 Å². The van der Waals surface area contributed by atoms with Crippen LogP contribution in [0.3, 0.4) is 0 Å². The molecule has 8 nitrogen and oxygen atoms in total. The molecule has 3 amide bonds. The Balaban J connectivity index is 1.17. The molecule has 2 saturated heterocycles. The number of benzene rings is 2. The molecule has 1 aromatic heterocycles. The van der Waals surface area contributed by atoms with Crippen molar-refractivity contribution in [3.8, 4) is 11.1 Å². The van der Waals surface area contributed by atoms with E-state index in [1.165, 1.54) is 26.1 Å². The summed E-state index contributed by atoms with van der Waals surface area (Å²) in [6.07, 6.45) is 3.03. The van der Waals surface area contributed by atoms with E-state index in [-0.39, 0.29) is 23.6 Å². The molecule has 218 valence electrons. The summed E-state index contributed by atoms with van der Waals surface area (Å²) in [7, 11) is 0. The first-order valence-corrected chi connectivity index (χ1v) is 15.8. The van der Waals surface area contributed by atoms with Crippen LogP contribution in [0.25, 0.3) is 21.2 Å². The quantitative estimate of drug-likeness (QED) is 0.439. The van der Waals surface area contributed by atoms with Crippen molar-refractivity contribution >= 4 is 45.0 Å². The standard InChI is InChI=1S/C33H37N5O3S/c1-21-22(2)42-29-11-10-27(18-28(21)29)24-4-6-25(7-5-24)30-34-33(12-14-36(15-13-33)23(3)39)32(41)38(30)20-35-16-17-37(19-35)31(40)26-8-9-26/h4-7,10-11,18,26H,8-9,12-17,19-20H2,1-3H3. The minimum atomic E-state index is -0.845. The van der Waals surface area contributed by atoms with Crippen molar-refractivity contribution in [2.45, 2.75) is 52.0 Å². The van der Waals surface area contributed by atoms with Crippen LogP contribution in [0.15, 0.2) is 47.5 Å². The van der Waals surface area contributed by atoms with Crippen LogP contribution in [-0.4, -0.2) is 88.2 Å². The van der Waals surface area contributed by atoms with E-state index in [0.717, 1.165) is 30.5 Å². The maximum Gasteiger partial charge on any atom is 0.257 e. The summed E-state index contributed by atoms with van der Waals surface area (Å²) in [6, 6.07) is 15.0. The van der Waals surface area contributed by atoms with Gasteiger partial charge in [-0.05, 0) is 73.7 Å². The van der Waals surface area contributed by atoms with Crippen molar-refractivity contribution in [3.63, 3.8) is 0 Å². The summed E-state index contributed by atoms with van der Waals surface area (Å²) >= 11 is 1.83. The first-order valence-electron chi connectivity index (χ1n) is 15.0. The number of hydrogen-bond acceptors (Lipinski definition) is 6. The molecule has 0 atom stereocenters. The van der Waals surface area contributed by atoms with Gasteiger partial charge in [0, 0.05) is 54.2 Å². The van der Waals surface area contributed by atoms with E-state index in [2.05, 4.69) is 61.2 Å². The Hall–Kier alpha value is -3.56. The number of rotatable bonds is 5. The van der Waals surface area contributed by atoms with Crippen molar-refractivity contribution in [2.24, 2.45) is 10.9 Å². The van der Waals surface area contributed by atoms with Gasteiger partial charge in [-0.2, -0.15) is 0 Å². The molecule has 2 aromatic carbocycles. The van der Waals surface area contributed by atoms with E-state index in [1.807, 2.05) is 21.1 Å². The Bertz CT molecular complexity index is 1610. The number of aliphatic imine (C=N–C) groups is 1. The smallest absolute Gasteiger partial charge is 0.257 e. The van der Waals surface area contributed by atoms with E-state index < -0.39 is 5.54 Å². The van der Waals surface area contributed by atoms with Crippen LogP contribution >= 0.6 is 11.3 Å². The third kappa shape index (κ3) is 4.72. The zero-order chi connectivity index (χ0) is 29.2. The zero-order valence-corrected chi connectivity index (χ0v) is 25.4. The van der Waals surface area contributed by atoms with E-state index >= 15 is 0 Å². The van der Waals surface area contributed by atoms with Crippen LogP contribution in [0.5, 0.6) is 0 Å². The lowest BCUT2D eigenvalue weighted by Gasteiger charge is -2.36. The van der Waals surface area contributed by atoms with E-state index in [1.54, 1.807) is 11.8 Å². The number of amides is 3. The van der Waals surface area contributed by atoms with E-state index in [0.29, 0.717) is 51.6 Å². The van der Waals surface area contributed by atoms with Crippen molar-refractivity contribution in [2.75, 3.05) is 39.5 Å². The Morgan fingerprint density at radius 2 is 1.62 bits per heavy atom. The molecular weight excluding hydrogens is 546 g/mol. The summed E-state index contributed by atoms with van der Waals surface area (Å²) in [4.78, 5) is 53.0. The van der Waals surface area contributed by atoms with Gasteiger partial charge in [0.1, 0.15) is 11.4 Å². The first kappa shape index (κ1) is 27.3. The topological polar surface area (TPSA) is 76.5 Å². The molecule has 3 aromatic rings. The molecular formula is C33H37N5O3S. The molecule has 1 spiro atoms. The summed E-state index contributed by atoms with van der Waals surface area (Å²) in [5.74, 6) is 1.17. The average Bonchev–Trinajstić information content (AvgIpc) is 3.61. The highest BCUT2D eigenvalue weighted by Gasteiger charge is 2.51. The summed E-state index contributed by atoms with van der Waals surface area (Å²) < 4.78 is 1.31. The molecule has 1 saturated carbocycles. The Morgan fingerprint density at radius 3 is 2.31 bits per heavy atom. The fourth-order valence-electron chi connectivity index (χ4n) is 6.59. The Labute approximate surface area is 250 Å². The van der Waals surface area contributed by atoms with Gasteiger partial charge in [-0.1, -0.05) is 30.3 Å². The summed E-state index contributed by atoms with van der Waals surface area (Å²) in [5.41, 5.74) is 3.69. The minimum absolute atomic E-state index is 0.00509. The lowest BCUT2D eigenvalue weighted by atomic mass is 9.87. The van der Waals surface area contributed by atoms with Gasteiger partial charge in [-0.25, -0.2) is 0 Å². The minimum Gasteiger partial charge on any atom is -0.343 e. The fraction of sp³-hybridized carbons (Fsp3) is 0.455. The number of nitrogens with zero attached hydrogens (tertiary/aromatic N) is 5. The highest BCUT2D eigenvalue weighted by atomic mass is 32.1. The molecule has 0 N–H and O–H groups in total. The van der Waals surface area contributed by atoms with Crippen LogP contribution in [0, 0.1) is 19.8 Å². The number of thiophene rings is 1. The van der Waals surface area contributed by atoms with Gasteiger partial charge in [0.15, 0.2) is 0 Å². The molecule has 0 bridgehead atoms. The van der Waals surface area contributed by atoms with E-state index in [4.69, 9.17) is 4.99 Å². The second-order valence-electron chi connectivity index (χ2n) is 12.3. The Kier molecular flexibility index (Phi) is 6.70. The first-order chi connectivity index (χ1) is 20.2. The number of carbonyl (C=O) groups excluding carboxylic acids is 3. The average molecular weight is 584 g/mol. The maximum absolute atomic E-state index is 14.1. The highest BCUT2D eigenvalue weighted by molar-refractivity contribution is 7.19. The van der Waals surface area contributed by atoms with Gasteiger partial charge in [0.2, 0.25) is 11.8 Å². The summed E-state index contributed by atoms with van der Waals surface area (Å²) in [6.45, 7) is 9.38. The van der Waals surface area contributed by atoms with Crippen LogP contribution < -0.4 is 0 Å². The Morgan fingerprint density at radius 1 is 0.929 bits per heavy atom. The molecule has 42 heavy (non-hydrogen) atoms. The highest BCUT2D eigenvalue weighted by Crippen LogP contribution is 2.37. The van der Waals surface area contributed by atoms with Crippen LogP contribution in [-0.2, 0) is 14.4 Å². The molecule has 3 aliphatic heterocycles. The SMILES string of the molecule is CC(=O)N1CCC2(CC1)N=C(c1ccc(-c3ccc4sc(C)c(C)c4c3)cc1)N(CN1CCN(C(=O)C3CC3)C1)C2=O. The summed E-state index contributed by atoms with van der Waals surface area (Å²) in [5, 5.41) is 1.30. The van der Waals surface area contributed by atoms with Gasteiger partial charge in [-0.3, -0.25) is 29.2 Å². The van der Waals surface area contributed by atoms with Crippen molar-refractivity contribution in [3.05, 3.63) is 58.5 Å². The van der Waals surface area contributed by atoms with Crippen LogP contribution in [0.1, 0.15) is 48.6 Å². The van der Waals surface area contributed by atoms with Crippen molar-refractivity contribution in [1.29, 1.82) is 0 Å². The molecule has 4 heterocycles.